The maximum atomic E-state index is 4.23. The highest BCUT2D eigenvalue weighted by Crippen LogP contribution is 2.26. The first kappa shape index (κ1) is 14.6. The topological polar surface area (TPSA) is 49.8 Å². The quantitative estimate of drug-likeness (QED) is 0.721. The van der Waals surface area contributed by atoms with Crippen LogP contribution in [0.2, 0.25) is 0 Å². The van der Waals surface area contributed by atoms with E-state index in [0.717, 1.165) is 47.8 Å². The Balaban J connectivity index is 2.53. The SMILES string of the molecule is CCCNc1ncnc(NCCCSC)c1Br. The van der Waals surface area contributed by atoms with Gasteiger partial charge in [-0.15, -0.1) is 0 Å². The zero-order valence-corrected chi connectivity index (χ0v) is 12.7. The largest absolute Gasteiger partial charge is 0.369 e. The van der Waals surface area contributed by atoms with Crippen molar-refractivity contribution in [2.75, 3.05) is 35.7 Å². The van der Waals surface area contributed by atoms with Crippen molar-refractivity contribution in [2.24, 2.45) is 0 Å². The number of aromatic nitrogens is 2. The zero-order valence-electron chi connectivity index (χ0n) is 10.3. The Morgan fingerprint density at radius 2 is 1.88 bits per heavy atom. The summed E-state index contributed by atoms with van der Waals surface area (Å²) in [6, 6.07) is 0. The molecule has 0 aliphatic heterocycles. The molecule has 0 aliphatic rings. The van der Waals surface area contributed by atoms with Gasteiger partial charge in [-0.25, -0.2) is 9.97 Å². The molecule has 0 atom stereocenters. The van der Waals surface area contributed by atoms with Crippen LogP contribution in [0.3, 0.4) is 0 Å². The van der Waals surface area contributed by atoms with E-state index in [1.807, 2.05) is 11.8 Å². The van der Waals surface area contributed by atoms with Gasteiger partial charge in [0.15, 0.2) is 0 Å². The van der Waals surface area contributed by atoms with Gasteiger partial charge in [0, 0.05) is 13.1 Å². The average Bonchev–Trinajstić information content (AvgIpc) is 2.35. The standard InChI is InChI=1S/C11H19BrN4S/c1-3-5-13-10-9(12)11(16-8-15-10)14-6-4-7-17-2/h8H,3-7H2,1-2H3,(H2,13,14,15,16). The van der Waals surface area contributed by atoms with Crippen molar-refractivity contribution in [1.29, 1.82) is 0 Å². The minimum Gasteiger partial charge on any atom is -0.369 e. The molecule has 0 radical (unpaired) electrons. The predicted octanol–water partition coefficient (Wildman–Crippen LogP) is 3.23. The molecule has 2 N–H and O–H groups in total. The Kier molecular flexibility index (Phi) is 7.35. The van der Waals surface area contributed by atoms with Gasteiger partial charge in [-0.1, -0.05) is 6.92 Å². The van der Waals surface area contributed by atoms with Crippen LogP contribution >= 0.6 is 27.7 Å². The van der Waals surface area contributed by atoms with Crippen LogP contribution in [0, 0.1) is 0 Å². The van der Waals surface area contributed by atoms with E-state index in [1.54, 1.807) is 6.33 Å². The summed E-state index contributed by atoms with van der Waals surface area (Å²) in [4.78, 5) is 8.44. The highest BCUT2D eigenvalue weighted by Gasteiger charge is 2.07. The molecule has 6 heteroatoms. The molecule has 17 heavy (non-hydrogen) atoms. The Morgan fingerprint density at radius 3 is 2.47 bits per heavy atom. The summed E-state index contributed by atoms with van der Waals surface area (Å²) in [7, 11) is 0. The van der Waals surface area contributed by atoms with Gasteiger partial charge in [0.05, 0.1) is 0 Å². The third-order valence-corrected chi connectivity index (χ3v) is 3.60. The molecule has 0 saturated carbocycles. The van der Waals surface area contributed by atoms with Gasteiger partial charge in [-0.05, 0) is 40.8 Å². The lowest BCUT2D eigenvalue weighted by atomic mass is 10.4. The van der Waals surface area contributed by atoms with Crippen LogP contribution in [-0.4, -0.2) is 35.1 Å². The van der Waals surface area contributed by atoms with Gasteiger partial charge in [-0.2, -0.15) is 11.8 Å². The number of hydrogen-bond acceptors (Lipinski definition) is 5. The molecular formula is C11H19BrN4S. The van der Waals surface area contributed by atoms with E-state index >= 15 is 0 Å². The molecule has 0 unspecified atom stereocenters. The number of anilines is 2. The van der Waals surface area contributed by atoms with E-state index in [9.17, 15) is 0 Å². The van der Waals surface area contributed by atoms with Gasteiger partial charge >= 0.3 is 0 Å². The first-order valence-electron chi connectivity index (χ1n) is 5.76. The molecule has 0 bridgehead atoms. The molecule has 0 aliphatic carbocycles. The molecule has 1 aromatic heterocycles. The molecule has 0 spiro atoms. The molecule has 0 saturated heterocycles. The Labute approximate surface area is 116 Å². The van der Waals surface area contributed by atoms with E-state index < -0.39 is 0 Å². The number of thioether (sulfide) groups is 1. The Morgan fingerprint density at radius 1 is 1.24 bits per heavy atom. The van der Waals surface area contributed by atoms with Gasteiger partial charge in [-0.3, -0.25) is 0 Å². The van der Waals surface area contributed by atoms with Gasteiger partial charge in [0.2, 0.25) is 0 Å². The second kappa shape index (κ2) is 8.58. The lowest BCUT2D eigenvalue weighted by molar-refractivity contribution is 0.952. The number of nitrogens with zero attached hydrogens (tertiary/aromatic N) is 2. The van der Waals surface area contributed by atoms with Crippen LogP contribution in [0.15, 0.2) is 10.8 Å². The summed E-state index contributed by atoms with van der Waals surface area (Å²) >= 11 is 5.38. The smallest absolute Gasteiger partial charge is 0.145 e. The van der Waals surface area contributed by atoms with Crippen molar-refractivity contribution in [3.05, 3.63) is 10.8 Å². The second-order valence-electron chi connectivity index (χ2n) is 3.58. The van der Waals surface area contributed by atoms with E-state index in [2.05, 4.69) is 49.7 Å². The molecule has 0 fully saturated rings. The van der Waals surface area contributed by atoms with Gasteiger partial charge < -0.3 is 10.6 Å². The lowest BCUT2D eigenvalue weighted by Gasteiger charge is -2.10. The lowest BCUT2D eigenvalue weighted by Crippen LogP contribution is -2.08. The predicted molar refractivity (Wildman–Crippen MR) is 80.0 cm³/mol. The average molecular weight is 319 g/mol. The number of rotatable bonds is 8. The number of hydrogen-bond donors (Lipinski definition) is 2. The van der Waals surface area contributed by atoms with Crippen LogP contribution in [0.5, 0.6) is 0 Å². The summed E-state index contributed by atoms with van der Waals surface area (Å²) in [6.45, 7) is 3.98. The van der Waals surface area contributed by atoms with E-state index in [4.69, 9.17) is 0 Å². The number of nitrogens with one attached hydrogen (secondary N) is 2. The van der Waals surface area contributed by atoms with Crippen molar-refractivity contribution in [1.82, 2.24) is 9.97 Å². The van der Waals surface area contributed by atoms with Crippen LogP contribution < -0.4 is 10.6 Å². The minimum atomic E-state index is 0.856. The maximum absolute atomic E-state index is 4.23. The van der Waals surface area contributed by atoms with E-state index in [1.165, 1.54) is 0 Å². The first-order valence-corrected chi connectivity index (χ1v) is 7.95. The van der Waals surface area contributed by atoms with Crippen LogP contribution in [0.25, 0.3) is 0 Å². The van der Waals surface area contributed by atoms with Crippen molar-refractivity contribution in [3.8, 4) is 0 Å². The fourth-order valence-electron chi connectivity index (χ4n) is 1.28. The molecule has 4 nitrogen and oxygen atoms in total. The van der Waals surface area contributed by atoms with Crippen LogP contribution in [-0.2, 0) is 0 Å². The van der Waals surface area contributed by atoms with Crippen molar-refractivity contribution in [3.63, 3.8) is 0 Å². The normalized spacial score (nSPS) is 10.3. The van der Waals surface area contributed by atoms with Crippen molar-refractivity contribution >= 4 is 39.3 Å². The summed E-state index contributed by atoms with van der Waals surface area (Å²) in [5, 5.41) is 6.58. The maximum Gasteiger partial charge on any atom is 0.145 e. The summed E-state index contributed by atoms with van der Waals surface area (Å²) < 4.78 is 0.914. The van der Waals surface area contributed by atoms with Crippen LogP contribution in [0.4, 0.5) is 11.6 Å². The third-order valence-electron chi connectivity index (χ3n) is 2.15. The molecule has 0 aromatic carbocycles. The molecule has 1 aromatic rings. The summed E-state index contributed by atoms with van der Waals surface area (Å²) in [5.41, 5.74) is 0. The van der Waals surface area contributed by atoms with Crippen molar-refractivity contribution in [2.45, 2.75) is 19.8 Å². The monoisotopic (exact) mass is 318 g/mol. The Hall–Kier alpha value is -0.490. The van der Waals surface area contributed by atoms with Crippen molar-refractivity contribution < 1.29 is 0 Å². The fourth-order valence-corrected chi connectivity index (χ4v) is 2.20. The molecular weight excluding hydrogens is 300 g/mol. The second-order valence-corrected chi connectivity index (χ2v) is 5.36. The minimum absolute atomic E-state index is 0.856. The van der Waals surface area contributed by atoms with E-state index in [0.29, 0.717) is 0 Å². The molecule has 1 rings (SSSR count). The zero-order chi connectivity index (χ0) is 12.5. The number of halogens is 1. The van der Waals surface area contributed by atoms with Crippen LogP contribution in [0.1, 0.15) is 19.8 Å². The van der Waals surface area contributed by atoms with E-state index in [-0.39, 0.29) is 0 Å². The third kappa shape index (κ3) is 5.12. The Bertz CT molecular complexity index is 335. The molecule has 96 valence electrons. The summed E-state index contributed by atoms with van der Waals surface area (Å²) in [6.07, 6.45) is 5.91. The highest BCUT2D eigenvalue weighted by molar-refractivity contribution is 9.10. The molecule has 1 heterocycles. The molecule has 0 amide bonds. The van der Waals surface area contributed by atoms with Gasteiger partial charge in [0.25, 0.3) is 0 Å². The summed E-state index contributed by atoms with van der Waals surface area (Å²) in [5.74, 6) is 2.88. The van der Waals surface area contributed by atoms with Gasteiger partial charge in [0.1, 0.15) is 22.4 Å². The first-order chi connectivity index (χ1) is 8.29. The highest BCUT2D eigenvalue weighted by atomic mass is 79.9. The fraction of sp³-hybridized carbons (Fsp3) is 0.636.